The Morgan fingerprint density at radius 3 is 2.47 bits per heavy atom. The van der Waals surface area contributed by atoms with E-state index in [0.29, 0.717) is 19.4 Å². The van der Waals surface area contributed by atoms with Crippen molar-refractivity contribution in [3.05, 3.63) is 0 Å². The second-order valence-corrected chi connectivity index (χ2v) is 4.08. The van der Waals surface area contributed by atoms with Crippen LogP contribution in [0.25, 0.3) is 0 Å². The van der Waals surface area contributed by atoms with Gasteiger partial charge in [-0.2, -0.15) is 0 Å². The van der Waals surface area contributed by atoms with Gasteiger partial charge in [0.1, 0.15) is 12.6 Å². The minimum atomic E-state index is -1.17. The maximum Gasteiger partial charge on any atom is 0.322 e. The van der Waals surface area contributed by atoms with Gasteiger partial charge >= 0.3 is 12.0 Å². The van der Waals surface area contributed by atoms with Crippen LogP contribution in [0, 0.1) is 0 Å². The number of carboxylic acids is 1. The fraction of sp³-hybridized carbons (Fsp3) is 0.600. The fourth-order valence-corrected chi connectivity index (χ4v) is 1.80. The van der Waals surface area contributed by atoms with Crippen LogP contribution in [0.5, 0.6) is 0 Å². The summed E-state index contributed by atoms with van der Waals surface area (Å²) in [4.78, 5) is 45.5. The van der Waals surface area contributed by atoms with E-state index in [1.165, 1.54) is 4.90 Å². The van der Waals surface area contributed by atoms with Crippen molar-refractivity contribution in [3.8, 4) is 0 Å². The zero-order valence-corrected chi connectivity index (χ0v) is 10.2. The Morgan fingerprint density at radius 1 is 1.21 bits per heavy atom. The number of carboxylic acid groups (broad SMARTS) is 1. The third kappa shape index (κ3) is 4.45. The minimum absolute atomic E-state index is 0.353. The van der Waals surface area contributed by atoms with Crippen molar-refractivity contribution in [2.24, 2.45) is 5.73 Å². The van der Waals surface area contributed by atoms with Gasteiger partial charge in [-0.1, -0.05) is 0 Å². The lowest BCUT2D eigenvalue weighted by Crippen LogP contribution is -2.50. The highest BCUT2D eigenvalue weighted by Crippen LogP contribution is 2.16. The molecule has 1 fully saturated rings. The molecule has 0 bridgehead atoms. The predicted molar refractivity (Wildman–Crippen MR) is 63.0 cm³/mol. The number of hydrogen-bond acceptors (Lipinski definition) is 4. The normalized spacial score (nSPS) is 17.9. The standard InChI is InChI=1S/C10H16N4O5/c11-9(18)6-2-1-3-14(6)10(19)13-4-7(15)12-5-8(16)17/h6H,1-5H2,(H2,11,18)(H,12,15)(H,13,19)(H,16,17). The number of amides is 4. The maximum atomic E-state index is 11.7. The summed E-state index contributed by atoms with van der Waals surface area (Å²) < 4.78 is 0. The second kappa shape index (κ2) is 6.57. The zero-order valence-electron chi connectivity index (χ0n) is 10.2. The summed E-state index contributed by atoms with van der Waals surface area (Å²) in [5.41, 5.74) is 5.16. The monoisotopic (exact) mass is 272 g/mol. The van der Waals surface area contributed by atoms with Crippen molar-refractivity contribution in [3.63, 3.8) is 0 Å². The first-order chi connectivity index (χ1) is 8.91. The molecule has 0 radical (unpaired) electrons. The number of nitrogens with two attached hydrogens (primary N) is 1. The van der Waals surface area contributed by atoms with Crippen LogP contribution < -0.4 is 16.4 Å². The topological polar surface area (TPSA) is 142 Å². The third-order valence-corrected chi connectivity index (χ3v) is 2.68. The van der Waals surface area contributed by atoms with Crippen LogP contribution in [0.15, 0.2) is 0 Å². The first-order valence-corrected chi connectivity index (χ1v) is 5.74. The van der Waals surface area contributed by atoms with Crippen LogP contribution in [0.1, 0.15) is 12.8 Å². The maximum absolute atomic E-state index is 11.7. The van der Waals surface area contributed by atoms with Gasteiger partial charge in [-0.15, -0.1) is 0 Å². The van der Waals surface area contributed by atoms with E-state index in [0.717, 1.165) is 0 Å². The molecule has 1 rings (SSSR count). The van der Waals surface area contributed by atoms with Crippen LogP contribution in [0.4, 0.5) is 4.79 Å². The van der Waals surface area contributed by atoms with Gasteiger partial charge in [0.2, 0.25) is 11.8 Å². The molecule has 5 N–H and O–H groups in total. The average molecular weight is 272 g/mol. The van der Waals surface area contributed by atoms with E-state index in [2.05, 4.69) is 10.6 Å². The lowest BCUT2D eigenvalue weighted by atomic mass is 10.2. The highest BCUT2D eigenvalue weighted by Gasteiger charge is 2.32. The lowest BCUT2D eigenvalue weighted by molar-refractivity contribution is -0.137. The molecule has 0 aromatic heterocycles. The fourth-order valence-electron chi connectivity index (χ4n) is 1.80. The molecule has 1 atom stereocenters. The Hall–Kier alpha value is -2.32. The summed E-state index contributed by atoms with van der Waals surface area (Å²) in [6.45, 7) is -0.466. The largest absolute Gasteiger partial charge is 0.480 e. The number of primary amides is 1. The second-order valence-electron chi connectivity index (χ2n) is 4.08. The number of aliphatic carboxylic acids is 1. The van der Waals surface area contributed by atoms with Gasteiger partial charge in [-0.3, -0.25) is 14.4 Å². The molecule has 1 saturated heterocycles. The number of hydrogen-bond donors (Lipinski definition) is 4. The van der Waals surface area contributed by atoms with Crippen LogP contribution in [0.2, 0.25) is 0 Å². The summed E-state index contributed by atoms with van der Waals surface area (Å²) in [6.07, 6.45) is 1.18. The zero-order chi connectivity index (χ0) is 14.4. The smallest absolute Gasteiger partial charge is 0.322 e. The molecular weight excluding hydrogens is 256 g/mol. The van der Waals surface area contributed by atoms with Gasteiger partial charge in [-0.05, 0) is 12.8 Å². The number of urea groups is 1. The van der Waals surface area contributed by atoms with Crippen molar-refractivity contribution in [1.29, 1.82) is 0 Å². The van der Waals surface area contributed by atoms with Crippen LogP contribution in [-0.2, 0) is 14.4 Å². The van der Waals surface area contributed by atoms with Crippen LogP contribution >= 0.6 is 0 Å². The highest BCUT2D eigenvalue weighted by atomic mass is 16.4. The molecule has 4 amide bonds. The first-order valence-electron chi connectivity index (χ1n) is 5.74. The van der Waals surface area contributed by atoms with E-state index < -0.39 is 36.4 Å². The number of nitrogens with one attached hydrogen (secondary N) is 2. The van der Waals surface area contributed by atoms with E-state index >= 15 is 0 Å². The molecule has 19 heavy (non-hydrogen) atoms. The van der Waals surface area contributed by atoms with Crippen LogP contribution in [0.3, 0.4) is 0 Å². The SMILES string of the molecule is NC(=O)C1CCCN1C(=O)NCC(=O)NCC(=O)O. The van der Waals surface area contributed by atoms with E-state index in [1.54, 1.807) is 0 Å². The Labute approximate surface area is 109 Å². The summed E-state index contributed by atoms with van der Waals surface area (Å²) in [7, 11) is 0. The molecule has 9 nitrogen and oxygen atoms in total. The summed E-state index contributed by atoms with van der Waals surface area (Å²) >= 11 is 0. The van der Waals surface area contributed by atoms with Gasteiger partial charge in [0, 0.05) is 6.54 Å². The molecule has 1 unspecified atom stereocenters. The molecule has 0 saturated carbocycles. The summed E-state index contributed by atoms with van der Waals surface area (Å²) in [6, 6.07) is -1.21. The van der Waals surface area contributed by atoms with Crippen LogP contribution in [-0.4, -0.2) is 59.5 Å². The lowest BCUT2D eigenvalue weighted by Gasteiger charge is -2.22. The van der Waals surface area contributed by atoms with E-state index in [1.807, 2.05) is 0 Å². The molecule has 0 aromatic rings. The van der Waals surface area contributed by atoms with E-state index in [4.69, 9.17) is 10.8 Å². The summed E-state index contributed by atoms with van der Waals surface area (Å²) in [5.74, 6) is -2.37. The van der Waals surface area contributed by atoms with Crippen molar-refractivity contribution < 1.29 is 24.3 Å². The van der Waals surface area contributed by atoms with Gasteiger partial charge in [0.15, 0.2) is 0 Å². The van der Waals surface area contributed by atoms with Gasteiger partial charge in [-0.25, -0.2) is 4.79 Å². The molecule has 9 heteroatoms. The Kier molecular flexibility index (Phi) is 5.10. The summed E-state index contributed by atoms with van der Waals surface area (Å²) in [5, 5.41) is 12.8. The van der Waals surface area contributed by atoms with Gasteiger partial charge in [0.05, 0.1) is 6.54 Å². The average Bonchev–Trinajstić information content (AvgIpc) is 2.82. The minimum Gasteiger partial charge on any atom is -0.480 e. The molecule has 1 heterocycles. The third-order valence-electron chi connectivity index (χ3n) is 2.68. The molecule has 106 valence electrons. The van der Waals surface area contributed by atoms with Gasteiger partial charge < -0.3 is 26.4 Å². The number of rotatable bonds is 5. The Bertz CT molecular complexity index is 397. The van der Waals surface area contributed by atoms with E-state index in [-0.39, 0.29) is 6.54 Å². The van der Waals surface area contributed by atoms with Crippen molar-refractivity contribution in [2.45, 2.75) is 18.9 Å². The number of carbonyl (C=O) groups excluding carboxylic acids is 3. The number of carbonyl (C=O) groups is 4. The molecule has 1 aliphatic heterocycles. The molecule has 0 aromatic carbocycles. The van der Waals surface area contributed by atoms with Gasteiger partial charge in [0.25, 0.3) is 0 Å². The number of likely N-dealkylation sites (tertiary alicyclic amines) is 1. The van der Waals surface area contributed by atoms with Crippen molar-refractivity contribution >= 4 is 23.8 Å². The molecular formula is C10H16N4O5. The van der Waals surface area contributed by atoms with Crippen molar-refractivity contribution in [1.82, 2.24) is 15.5 Å². The quantitative estimate of drug-likeness (QED) is 0.451. The molecule has 1 aliphatic rings. The Balaban J connectivity index is 2.36. The Morgan fingerprint density at radius 2 is 1.89 bits per heavy atom. The molecule has 0 aliphatic carbocycles. The van der Waals surface area contributed by atoms with E-state index in [9.17, 15) is 19.2 Å². The number of nitrogens with zero attached hydrogens (tertiary/aromatic N) is 1. The predicted octanol–water partition coefficient (Wildman–Crippen LogP) is -2.15. The first kappa shape index (κ1) is 14.7. The highest BCUT2D eigenvalue weighted by molar-refractivity contribution is 5.89. The van der Waals surface area contributed by atoms with Crippen molar-refractivity contribution in [2.75, 3.05) is 19.6 Å². The molecule has 0 spiro atoms.